The number of ether oxygens (including phenoxy) is 2. The zero-order chi connectivity index (χ0) is 24.2. The van der Waals surface area contributed by atoms with Gasteiger partial charge in [-0.3, -0.25) is 0 Å². The lowest BCUT2D eigenvalue weighted by atomic mass is 9.95. The van der Waals surface area contributed by atoms with Crippen molar-refractivity contribution in [2.24, 2.45) is 0 Å². The molecule has 3 rings (SSSR count). The third kappa shape index (κ3) is 7.78. The SMILES string of the molecule is CCCCCCCc1ccc(-c2ccc(-c3cc(CCOC)cc(CCOC)c3)cc2)cc1F. The first-order chi connectivity index (χ1) is 16.6. The zero-order valence-corrected chi connectivity index (χ0v) is 21.0. The molecule has 0 aliphatic heterocycles. The van der Waals surface area contributed by atoms with Gasteiger partial charge < -0.3 is 9.47 Å². The highest BCUT2D eigenvalue weighted by Gasteiger charge is 2.08. The van der Waals surface area contributed by atoms with Crippen LogP contribution in [0.15, 0.2) is 60.7 Å². The quantitative estimate of drug-likeness (QED) is 0.226. The molecule has 0 fully saturated rings. The molecular formula is C31H39FO2. The molecule has 34 heavy (non-hydrogen) atoms. The largest absolute Gasteiger partial charge is 0.384 e. The molecule has 0 atom stereocenters. The summed E-state index contributed by atoms with van der Waals surface area (Å²) in [7, 11) is 3.47. The fraction of sp³-hybridized carbons (Fsp3) is 0.419. The Bertz CT molecular complexity index is 984. The summed E-state index contributed by atoms with van der Waals surface area (Å²) in [5.74, 6) is -0.0919. The van der Waals surface area contributed by atoms with E-state index in [0.29, 0.717) is 13.2 Å². The van der Waals surface area contributed by atoms with Crippen molar-refractivity contribution in [1.82, 2.24) is 0 Å². The van der Waals surface area contributed by atoms with Gasteiger partial charge in [0.15, 0.2) is 0 Å². The van der Waals surface area contributed by atoms with Crippen molar-refractivity contribution < 1.29 is 13.9 Å². The Hall–Kier alpha value is -2.49. The normalized spacial score (nSPS) is 11.2. The van der Waals surface area contributed by atoms with Gasteiger partial charge in [-0.1, -0.05) is 87.2 Å². The highest BCUT2D eigenvalue weighted by atomic mass is 19.1. The van der Waals surface area contributed by atoms with Crippen LogP contribution in [-0.2, 0) is 28.7 Å². The molecule has 0 spiro atoms. The van der Waals surface area contributed by atoms with Gasteiger partial charge >= 0.3 is 0 Å². The number of methoxy groups -OCH3 is 2. The molecule has 0 radical (unpaired) electrons. The molecule has 0 bridgehead atoms. The van der Waals surface area contributed by atoms with E-state index in [4.69, 9.17) is 9.47 Å². The molecule has 0 heterocycles. The predicted molar refractivity (Wildman–Crippen MR) is 141 cm³/mol. The van der Waals surface area contributed by atoms with E-state index >= 15 is 0 Å². The number of halogens is 1. The van der Waals surface area contributed by atoms with Crippen molar-refractivity contribution in [2.75, 3.05) is 27.4 Å². The smallest absolute Gasteiger partial charge is 0.127 e. The summed E-state index contributed by atoms with van der Waals surface area (Å²) in [5.41, 5.74) is 7.67. The van der Waals surface area contributed by atoms with Gasteiger partial charge in [-0.25, -0.2) is 4.39 Å². The molecule has 0 unspecified atom stereocenters. The third-order valence-electron chi connectivity index (χ3n) is 6.40. The molecule has 2 nitrogen and oxygen atoms in total. The topological polar surface area (TPSA) is 18.5 Å². The van der Waals surface area contributed by atoms with E-state index in [1.54, 1.807) is 20.3 Å². The van der Waals surface area contributed by atoms with Crippen LogP contribution in [0.25, 0.3) is 22.3 Å². The van der Waals surface area contributed by atoms with Crippen LogP contribution in [0.3, 0.4) is 0 Å². The van der Waals surface area contributed by atoms with Crippen LogP contribution < -0.4 is 0 Å². The van der Waals surface area contributed by atoms with Crippen LogP contribution in [0.4, 0.5) is 4.39 Å². The number of hydrogen-bond acceptors (Lipinski definition) is 2. The van der Waals surface area contributed by atoms with Crippen LogP contribution in [0.1, 0.15) is 55.7 Å². The van der Waals surface area contributed by atoms with Gasteiger partial charge in [0.05, 0.1) is 13.2 Å². The molecule has 0 aliphatic carbocycles. The molecule has 182 valence electrons. The fourth-order valence-electron chi connectivity index (χ4n) is 4.36. The Morgan fingerprint density at radius 1 is 0.588 bits per heavy atom. The minimum Gasteiger partial charge on any atom is -0.384 e. The number of unbranched alkanes of at least 4 members (excludes halogenated alkanes) is 4. The van der Waals surface area contributed by atoms with Gasteiger partial charge in [0.1, 0.15) is 5.82 Å². The van der Waals surface area contributed by atoms with Gasteiger partial charge in [0, 0.05) is 14.2 Å². The van der Waals surface area contributed by atoms with Crippen molar-refractivity contribution in [3.63, 3.8) is 0 Å². The minimum absolute atomic E-state index is 0.0919. The summed E-state index contributed by atoms with van der Waals surface area (Å²) in [6.45, 7) is 3.62. The van der Waals surface area contributed by atoms with Crippen LogP contribution in [0.5, 0.6) is 0 Å². The van der Waals surface area contributed by atoms with E-state index in [1.807, 2.05) is 12.1 Å². The van der Waals surface area contributed by atoms with Crippen molar-refractivity contribution >= 4 is 0 Å². The molecule has 3 aromatic carbocycles. The van der Waals surface area contributed by atoms with E-state index in [1.165, 1.54) is 42.4 Å². The van der Waals surface area contributed by atoms with Gasteiger partial charge in [-0.2, -0.15) is 0 Å². The summed E-state index contributed by atoms with van der Waals surface area (Å²) in [6, 6.07) is 20.8. The van der Waals surface area contributed by atoms with Crippen LogP contribution in [0, 0.1) is 5.82 Å². The van der Waals surface area contributed by atoms with Crippen LogP contribution >= 0.6 is 0 Å². The van der Waals surface area contributed by atoms with Crippen molar-refractivity contribution in [3.05, 3.63) is 83.2 Å². The monoisotopic (exact) mass is 462 g/mol. The second kappa shape index (κ2) is 14.0. The summed E-state index contributed by atoms with van der Waals surface area (Å²) in [4.78, 5) is 0. The van der Waals surface area contributed by atoms with Crippen molar-refractivity contribution in [3.8, 4) is 22.3 Å². The average molecular weight is 463 g/mol. The van der Waals surface area contributed by atoms with Crippen molar-refractivity contribution in [1.29, 1.82) is 0 Å². The van der Waals surface area contributed by atoms with E-state index in [-0.39, 0.29) is 5.82 Å². The van der Waals surface area contributed by atoms with Gasteiger partial charge in [0.25, 0.3) is 0 Å². The van der Waals surface area contributed by atoms with Gasteiger partial charge in [-0.05, 0) is 70.7 Å². The second-order valence-electron chi connectivity index (χ2n) is 9.07. The number of rotatable bonds is 14. The van der Waals surface area contributed by atoms with Gasteiger partial charge in [0.2, 0.25) is 0 Å². The number of aryl methyl sites for hydroxylation is 1. The molecule has 0 aliphatic rings. The first-order valence-electron chi connectivity index (χ1n) is 12.6. The van der Waals surface area contributed by atoms with Crippen LogP contribution in [0.2, 0.25) is 0 Å². The first kappa shape index (κ1) is 26.1. The molecule has 3 aromatic rings. The Labute approximate surface area is 205 Å². The summed E-state index contributed by atoms with van der Waals surface area (Å²) < 4.78 is 25.3. The summed E-state index contributed by atoms with van der Waals surface area (Å²) in [5, 5.41) is 0. The van der Waals surface area contributed by atoms with Gasteiger partial charge in [-0.15, -0.1) is 0 Å². The maximum atomic E-state index is 14.7. The maximum Gasteiger partial charge on any atom is 0.127 e. The lowest BCUT2D eigenvalue weighted by Gasteiger charge is -2.11. The lowest BCUT2D eigenvalue weighted by Crippen LogP contribution is -1.99. The highest BCUT2D eigenvalue weighted by molar-refractivity contribution is 5.71. The highest BCUT2D eigenvalue weighted by Crippen LogP contribution is 2.28. The number of hydrogen-bond donors (Lipinski definition) is 0. The third-order valence-corrected chi connectivity index (χ3v) is 6.40. The fourth-order valence-corrected chi connectivity index (χ4v) is 4.36. The Morgan fingerprint density at radius 3 is 1.71 bits per heavy atom. The lowest BCUT2D eigenvalue weighted by molar-refractivity contribution is 0.201. The average Bonchev–Trinajstić information content (AvgIpc) is 2.87. The maximum absolute atomic E-state index is 14.7. The molecule has 0 saturated heterocycles. The molecule has 0 amide bonds. The van der Waals surface area contributed by atoms with E-state index < -0.39 is 0 Å². The predicted octanol–water partition coefficient (Wildman–Crippen LogP) is 8.05. The Morgan fingerprint density at radius 2 is 1.15 bits per heavy atom. The first-order valence-corrected chi connectivity index (χ1v) is 12.6. The van der Waals surface area contributed by atoms with E-state index in [0.717, 1.165) is 47.9 Å². The molecule has 0 aromatic heterocycles. The Kier molecular flexibility index (Phi) is 10.8. The summed E-state index contributed by atoms with van der Waals surface area (Å²) >= 11 is 0. The number of benzene rings is 3. The zero-order valence-electron chi connectivity index (χ0n) is 21.0. The second-order valence-corrected chi connectivity index (χ2v) is 9.07. The standard InChI is InChI=1S/C31H39FO2/c1-4-5-6-7-8-9-28-14-15-29(23-31(28)32)26-10-12-27(13-11-26)30-21-24(16-18-33-2)20-25(22-30)17-19-34-3/h10-15,20-23H,4-9,16-19H2,1-3H3. The molecular weight excluding hydrogens is 423 g/mol. The Balaban J connectivity index is 1.73. The molecule has 3 heteroatoms. The minimum atomic E-state index is -0.0919. The van der Waals surface area contributed by atoms with Crippen LogP contribution in [-0.4, -0.2) is 27.4 Å². The van der Waals surface area contributed by atoms with Crippen molar-refractivity contribution in [2.45, 2.75) is 58.3 Å². The van der Waals surface area contributed by atoms with E-state index in [9.17, 15) is 4.39 Å². The summed E-state index contributed by atoms with van der Waals surface area (Å²) in [6.07, 6.45) is 8.56. The van der Waals surface area contributed by atoms with E-state index in [2.05, 4.69) is 49.4 Å². The molecule has 0 N–H and O–H groups in total. The molecule has 0 saturated carbocycles.